The fraction of sp³-hybridized carbons (Fsp3) is 0.250. The summed E-state index contributed by atoms with van der Waals surface area (Å²) in [5.74, 6) is 0. The lowest BCUT2D eigenvalue weighted by Gasteiger charge is -2.13. The molecule has 2 rings (SSSR count). The average molecular weight is 260 g/mol. The molecule has 0 aromatic heterocycles. The van der Waals surface area contributed by atoms with Gasteiger partial charge in [-0.3, -0.25) is 0 Å². The molecule has 2 aromatic carbocycles. The van der Waals surface area contributed by atoms with E-state index in [1.54, 1.807) is 0 Å². The molecule has 0 bridgehead atoms. The molecule has 0 aliphatic carbocycles. The van der Waals surface area contributed by atoms with Gasteiger partial charge in [0.25, 0.3) is 0 Å². The number of hydrogen-bond donors (Lipinski definition) is 0. The molecule has 18 heavy (non-hydrogen) atoms. The van der Waals surface area contributed by atoms with E-state index < -0.39 is 0 Å². The molecule has 0 unspecified atom stereocenters. The van der Waals surface area contributed by atoms with E-state index in [0.29, 0.717) is 0 Å². The number of nitrogens with zero attached hydrogens (tertiary/aromatic N) is 1. The second kappa shape index (κ2) is 5.92. The van der Waals surface area contributed by atoms with Gasteiger partial charge in [-0.15, -0.1) is 0 Å². The Kier molecular flexibility index (Phi) is 4.27. The average Bonchev–Trinajstić information content (AvgIpc) is 2.38. The van der Waals surface area contributed by atoms with Gasteiger partial charge >= 0.3 is 0 Å². The smallest absolute Gasteiger partial charge is 0.0406 e. The third-order valence-corrected chi connectivity index (χ3v) is 3.29. The Bertz CT molecular complexity index is 503. The van der Waals surface area contributed by atoms with E-state index >= 15 is 0 Å². The largest absolute Gasteiger partial charge is 0.378 e. The maximum absolute atomic E-state index is 5.88. The second-order valence-corrected chi connectivity index (χ2v) is 5.13. The Labute approximate surface area is 114 Å². The molecule has 0 N–H and O–H groups in total. The molecular formula is C16H18ClN. The van der Waals surface area contributed by atoms with E-state index in [1.807, 2.05) is 12.1 Å². The molecule has 0 aliphatic heterocycles. The third-order valence-electron chi connectivity index (χ3n) is 3.04. The van der Waals surface area contributed by atoms with Gasteiger partial charge in [0.1, 0.15) is 0 Å². The SMILES string of the molecule is CN(C)c1cccc(CCc2ccc(Cl)cc2)c1. The summed E-state index contributed by atoms with van der Waals surface area (Å²) in [6.07, 6.45) is 2.11. The summed E-state index contributed by atoms with van der Waals surface area (Å²) in [6.45, 7) is 0. The minimum Gasteiger partial charge on any atom is -0.378 e. The van der Waals surface area contributed by atoms with Crippen LogP contribution in [-0.4, -0.2) is 14.1 Å². The van der Waals surface area contributed by atoms with Crippen molar-refractivity contribution in [3.63, 3.8) is 0 Å². The molecule has 0 atom stereocenters. The highest BCUT2D eigenvalue weighted by atomic mass is 35.5. The summed E-state index contributed by atoms with van der Waals surface area (Å²) in [7, 11) is 4.14. The lowest BCUT2D eigenvalue weighted by atomic mass is 10.0. The molecule has 94 valence electrons. The Balaban J connectivity index is 2.01. The topological polar surface area (TPSA) is 3.24 Å². The summed E-state index contributed by atoms with van der Waals surface area (Å²) >= 11 is 5.88. The van der Waals surface area contributed by atoms with Crippen molar-refractivity contribution in [2.45, 2.75) is 12.8 Å². The first-order valence-electron chi connectivity index (χ1n) is 6.16. The van der Waals surface area contributed by atoms with Gasteiger partial charge in [-0.2, -0.15) is 0 Å². The van der Waals surface area contributed by atoms with Crippen LogP contribution in [0.2, 0.25) is 5.02 Å². The van der Waals surface area contributed by atoms with Gasteiger partial charge in [0.05, 0.1) is 0 Å². The summed E-state index contributed by atoms with van der Waals surface area (Å²) in [6, 6.07) is 16.8. The quantitative estimate of drug-likeness (QED) is 0.796. The van der Waals surface area contributed by atoms with E-state index in [0.717, 1.165) is 17.9 Å². The Hall–Kier alpha value is -1.47. The van der Waals surface area contributed by atoms with E-state index in [4.69, 9.17) is 11.6 Å². The van der Waals surface area contributed by atoms with Crippen LogP contribution >= 0.6 is 11.6 Å². The molecule has 0 saturated heterocycles. The lowest BCUT2D eigenvalue weighted by Crippen LogP contribution is -2.08. The fourth-order valence-corrected chi connectivity index (χ4v) is 2.06. The summed E-state index contributed by atoms with van der Waals surface area (Å²) in [5.41, 5.74) is 3.95. The minimum absolute atomic E-state index is 0.799. The number of anilines is 1. The van der Waals surface area contributed by atoms with Gasteiger partial charge in [0.2, 0.25) is 0 Å². The second-order valence-electron chi connectivity index (χ2n) is 4.69. The van der Waals surface area contributed by atoms with Crippen molar-refractivity contribution in [1.82, 2.24) is 0 Å². The number of hydrogen-bond acceptors (Lipinski definition) is 1. The minimum atomic E-state index is 0.799. The zero-order valence-electron chi connectivity index (χ0n) is 10.9. The molecule has 0 amide bonds. The number of halogens is 1. The standard InChI is InChI=1S/C16H18ClN/c1-18(2)16-5-3-4-14(12-16)7-6-13-8-10-15(17)11-9-13/h3-5,8-12H,6-7H2,1-2H3. The number of rotatable bonds is 4. The highest BCUT2D eigenvalue weighted by Crippen LogP contribution is 2.16. The molecule has 0 saturated carbocycles. The van der Waals surface area contributed by atoms with E-state index in [2.05, 4.69) is 55.4 Å². The first-order valence-corrected chi connectivity index (χ1v) is 6.53. The van der Waals surface area contributed by atoms with Crippen LogP contribution in [0, 0.1) is 0 Å². The normalized spacial score (nSPS) is 10.4. The molecule has 0 fully saturated rings. The van der Waals surface area contributed by atoms with Crippen molar-refractivity contribution >= 4 is 17.3 Å². The monoisotopic (exact) mass is 259 g/mol. The molecular weight excluding hydrogens is 242 g/mol. The fourth-order valence-electron chi connectivity index (χ4n) is 1.93. The van der Waals surface area contributed by atoms with Crippen molar-refractivity contribution in [2.24, 2.45) is 0 Å². The van der Waals surface area contributed by atoms with Crippen LogP contribution in [0.5, 0.6) is 0 Å². The summed E-state index contributed by atoms with van der Waals surface area (Å²) in [5, 5.41) is 0.799. The predicted molar refractivity (Wildman–Crippen MR) is 79.6 cm³/mol. The van der Waals surface area contributed by atoms with Crippen LogP contribution in [0.4, 0.5) is 5.69 Å². The highest BCUT2D eigenvalue weighted by Gasteiger charge is 1.99. The first-order chi connectivity index (χ1) is 8.65. The highest BCUT2D eigenvalue weighted by molar-refractivity contribution is 6.30. The zero-order valence-corrected chi connectivity index (χ0v) is 11.6. The van der Waals surface area contributed by atoms with Crippen molar-refractivity contribution in [3.05, 3.63) is 64.7 Å². The van der Waals surface area contributed by atoms with Gasteiger partial charge in [0, 0.05) is 24.8 Å². The zero-order chi connectivity index (χ0) is 13.0. The Morgan fingerprint density at radius 1 is 0.889 bits per heavy atom. The Morgan fingerprint density at radius 2 is 1.56 bits per heavy atom. The van der Waals surface area contributed by atoms with Crippen LogP contribution in [0.15, 0.2) is 48.5 Å². The van der Waals surface area contributed by atoms with E-state index in [-0.39, 0.29) is 0 Å². The van der Waals surface area contributed by atoms with Gasteiger partial charge in [-0.1, -0.05) is 35.9 Å². The molecule has 0 spiro atoms. The Morgan fingerprint density at radius 3 is 2.22 bits per heavy atom. The first kappa shape index (κ1) is 13.0. The van der Waals surface area contributed by atoms with Crippen molar-refractivity contribution in [3.8, 4) is 0 Å². The van der Waals surface area contributed by atoms with Crippen LogP contribution in [0.1, 0.15) is 11.1 Å². The predicted octanol–water partition coefficient (Wildman–Crippen LogP) is 4.19. The van der Waals surface area contributed by atoms with Crippen LogP contribution < -0.4 is 4.90 Å². The molecule has 2 aromatic rings. The van der Waals surface area contributed by atoms with Crippen molar-refractivity contribution < 1.29 is 0 Å². The number of benzene rings is 2. The molecule has 0 radical (unpaired) electrons. The van der Waals surface area contributed by atoms with Crippen LogP contribution in [0.25, 0.3) is 0 Å². The molecule has 1 nitrogen and oxygen atoms in total. The van der Waals surface area contributed by atoms with Gasteiger partial charge in [0.15, 0.2) is 0 Å². The van der Waals surface area contributed by atoms with E-state index in [1.165, 1.54) is 16.8 Å². The summed E-state index contributed by atoms with van der Waals surface area (Å²) in [4.78, 5) is 2.13. The van der Waals surface area contributed by atoms with Crippen molar-refractivity contribution in [1.29, 1.82) is 0 Å². The van der Waals surface area contributed by atoms with Crippen LogP contribution in [-0.2, 0) is 12.8 Å². The third kappa shape index (κ3) is 3.51. The molecule has 2 heteroatoms. The summed E-state index contributed by atoms with van der Waals surface area (Å²) < 4.78 is 0. The van der Waals surface area contributed by atoms with Crippen molar-refractivity contribution in [2.75, 3.05) is 19.0 Å². The molecule has 0 aliphatic rings. The van der Waals surface area contributed by atoms with Crippen LogP contribution in [0.3, 0.4) is 0 Å². The van der Waals surface area contributed by atoms with E-state index in [9.17, 15) is 0 Å². The number of aryl methyl sites for hydroxylation is 2. The van der Waals surface area contributed by atoms with Gasteiger partial charge in [-0.05, 0) is 48.2 Å². The molecule has 0 heterocycles. The maximum Gasteiger partial charge on any atom is 0.0406 e. The lowest BCUT2D eigenvalue weighted by molar-refractivity contribution is 0.957. The van der Waals surface area contributed by atoms with Gasteiger partial charge < -0.3 is 4.90 Å². The maximum atomic E-state index is 5.88. The van der Waals surface area contributed by atoms with Gasteiger partial charge in [-0.25, -0.2) is 0 Å².